The maximum atomic E-state index is 5.45. The lowest BCUT2D eigenvalue weighted by atomic mass is 10.0. The van der Waals surface area contributed by atoms with Crippen LogP contribution in [0.3, 0.4) is 0 Å². The summed E-state index contributed by atoms with van der Waals surface area (Å²) in [5.41, 5.74) is 0.928. The van der Waals surface area contributed by atoms with Crippen molar-refractivity contribution in [3.8, 4) is 11.4 Å². The summed E-state index contributed by atoms with van der Waals surface area (Å²) >= 11 is 0. The molecule has 0 bridgehead atoms. The summed E-state index contributed by atoms with van der Waals surface area (Å²) < 4.78 is 10.8. The van der Waals surface area contributed by atoms with Gasteiger partial charge in [0.2, 0.25) is 23.5 Å². The van der Waals surface area contributed by atoms with Crippen LogP contribution in [0.15, 0.2) is 39.3 Å². The van der Waals surface area contributed by atoms with Gasteiger partial charge < -0.3 is 8.94 Å². The largest absolute Gasteiger partial charge is 0.424 e. The maximum Gasteiger partial charge on any atom is 0.244 e. The van der Waals surface area contributed by atoms with E-state index in [0.717, 1.165) is 5.56 Å². The number of rotatable bonds is 6. The Morgan fingerprint density at radius 1 is 1.13 bits per heavy atom. The van der Waals surface area contributed by atoms with E-state index in [1.807, 2.05) is 30.3 Å². The third-order valence-corrected chi connectivity index (χ3v) is 3.45. The number of aromatic nitrogens is 4. The quantitative estimate of drug-likeness (QED) is 0.748. The zero-order valence-electron chi connectivity index (χ0n) is 13.4. The molecule has 3 aromatic rings. The minimum atomic E-state index is -0.0906. The van der Waals surface area contributed by atoms with E-state index >= 15 is 0 Å². The number of nitrogens with zero attached hydrogens (tertiary/aromatic N) is 4. The minimum absolute atomic E-state index is 0.0906. The Bertz CT molecular complexity index is 751. The molecule has 0 aliphatic rings. The van der Waals surface area contributed by atoms with E-state index in [4.69, 9.17) is 8.94 Å². The molecule has 1 atom stereocenters. The Labute approximate surface area is 134 Å². The van der Waals surface area contributed by atoms with Crippen molar-refractivity contribution in [2.45, 2.75) is 33.4 Å². The van der Waals surface area contributed by atoms with Gasteiger partial charge in [0.1, 0.15) is 0 Å². The molecule has 1 N–H and O–H groups in total. The van der Waals surface area contributed by atoms with Gasteiger partial charge in [-0.2, -0.15) is 4.98 Å². The molecule has 0 radical (unpaired) electrons. The van der Waals surface area contributed by atoms with Crippen LogP contribution in [0.4, 0.5) is 0 Å². The smallest absolute Gasteiger partial charge is 0.244 e. The van der Waals surface area contributed by atoms with Gasteiger partial charge in [0.25, 0.3) is 0 Å². The summed E-state index contributed by atoms with van der Waals surface area (Å²) in [6.07, 6.45) is 0. The van der Waals surface area contributed by atoms with Crippen LogP contribution in [0.25, 0.3) is 11.4 Å². The standard InChI is InChI=1S/C16H19N5O2/c1-10(2)14(17-9-13-20-19-11(3)22-13)16-18-15(21-23-16)12-7-5-4-6-8-12/h4-8,10,14,17H,9H2,1-3H3. The highest BCUT2D eigenvalue weighted by molar-refractivity contribution is 5.53. The molecule has 3 rings (SSSR count). The van der Waals surface area contributed by atoms with Crippen molar-refractivity contribution < 1.29 is 8.94 Å². The normalized spacial score (nSPS) is 12.7. The molecule has 0 saturated heterocycles. The highest BCUT2D eigenvalue weighted by Gasteiger charge is 2.23. The fourth-order valence-corrected chi connectivity index (χ4v) is 2.28. The van der Waals surface area contributed by atoms with Crippen molar-refractivity contribution in [2.75, 3.05) is 0 Å². The molecular formula is C16H19N5O2. The third-order valence-electron chi connectivity index (χ3n) is 3.45. The van der Waals surface area contributed by atoms with Gasteiger partial charge in [-0.15, -0.1) is 10.2 Å². The molecule has 0 amide bonds. The molecule has 0 fully saturated rings. The van der Waals surface area contributed by atoms with Gasteiger partial charge >= 0.3 is 0 Å². The van der Waals surface area contributed by atoms with Crippen molar-refractivity contribution in [1.82, 2.24) is 25.7 Å². The average Bonchev–Trinajstić information content (AvgIpc) is 3.18. The van der Waals surface area contributed by atoms with Gasteiger partial charge in [0, 0.05) is 12.5 Å². The number of hydrogen-bond donors (Lipinski definition) is 1. The maximum absolute atomic E-state index is 5.45. The molecule has 7 nitrogen and oxygen atoms in total. The van der Waals surface area contributed by atoms with Crippen molar-refractivity contribution in [3.63, 3.8) is 0 Å². The molecule has 23 heavy (non-hydrogen) atoms. The van der Waals surface area contributed by atoms with Crippen LogP contribution in [0.2, 0.25) is 0 Å². The van der Waals surface area contributed by atoms with Crippen LogP contribution < -0.4 is 5.32 Å². The van der Waals surface area contributed by atoms with Crippen molar-refractivity contribution in [2.24, 2.45) is 5.92 Å². The van der Waals surface area contributed by atoms with Crippen LogP contribution in [-0.4, -0.2) is 20.3 Å². The Kier molecular flexibility index (Phi) is 4.47. The van der Waals surface area contributed by atoms with E-state index in [9.17, 15) is 0 Å². The fraction of sp³-hybridized carbons (Fsp3) is 0.375. The van der Waals surface area contributed by atoms with E-state index in [0.29, 0.717) is 30.0 Å². The highest BCUT2D eigenvalue weighted by Crippen LogP contribution is 2.23. The van der Waals surface area contributed by atoms with E-state index < -0.39 is 0 Å². The van der Waals surface area contributed by atoms with Crippen LogP contribution in [0.5, 0.6) is 0 Å². The minimum Gasteiger partial charge on any atom is -0.424 e. The first kappa shape index (κ1) is 15.4. The summed E-state index contributed by atoms with van der Waals surface area (Å²) in [4.78, 5) is 4.51. The lowest BCUT2D eigenvalue weighted by Gasteiger charge is -2.17. The summed E-state index contributed by atoms with van der Waals surface area (Å²) in [6.45, 7) is 6.39. The predicted molar refractivity (Wildman–Crippen MR) is 83.2 cm³/mol. The monoisotopic (exact) mass is 313 g/mol. The fourth-order valence-electron chi connectivity index (χ4n) is 2.28. The summed E-state index contributed by atoms with van der Waals surface area (Å²) in [5.74, 6) is 2.49. The number of hydrogen-bond acceptors (Lipinski definition) is 7. The molecule has 0 saturated carbocycles. The number of benzene rings is 1. The molecular weight excluding hydrogens is 294 g/mol. The molecule has 0 aliphatic carbocycles. The molecule has 1 aromatic carbocycles. The van der Waals surface area contributed by atoms with E-state index in [1.165, 1.54) is 0 Å². The lowest BCUT2D eigenvalue weighted by Crippen LogP contribution is -2.25. The van der Waals surface area contributed by atoms with Crippen molar-refractivity contribution in [1.29, 1.82) is 0 Å². The van der Waals surface area contributed by atoms with Crippen LogP contribution in [0.1, 0.15) is 37.6 Å². The first-order valence-corrected chi connectivity index (χ1v) is 7.55. The molecule has 0 spiro atoms. The SMILES string of the molecule is Cc1nnc(CNC(c2nc(-c3ccccc3)no2)C(C)C)o1. The first-order chi connectivity index (χ1) is 11.1. The topological polar surface area (TPSA) is 89.9 Å². The predicted octanol–water partition coefficient (Wildman–Crippen LogP) is 2.91. The van der Waals surface area contributed by atoms with Gasteiger partial charge in [-0.1, -0.05) is 49.3 Å². The van der Waals surface area contributed by atoms with Gasteiger partial charge in [-0.05, 0) is 5.92 Å². The Morgan fingerprint density at radius 3 is 2.57 bits per heavy atom. The molecule has 7 heteroatoms. The number of aryl methyl sites for hydroxylation is 1. The Morgan fingerprint density at radius 2 is 1.91 bits per heavy atom. The van der Waals surface area contributed by atoms with Crippen molar-refractivity contribution >= 4 is 0 Å². The second-order valence-corrected chi connectivity index (χ2v) is 5.64. The molecule has 2 aromatic heterocycles. The Hall–Kier alpha value is -2.54. The van der Waals surface area contributed by atoms with Crippen molar-refractivity contribution in [3.05, 3.63) is 48.0 Å². The summed E-state index contributed by atoms with van der Waals surface area (Å²) in [6, 6.07) is 9.66. The van der Waals surface area contributed by atoms with Crippen LogP contribution >= 0.6 is 0 Å². The van der Waals surface area contributed by atoms with Crippen LogP contribution in [0, 0.1) is 12.8 Å². The first-order valence-electron chi connectivity index (χ1n) is 7.55. The molecule has 1 unspecified atom stereocenters. The molecule has 2 heterocycles. The zero-order valence-corrected chi connectivity index (χ0v) is 13.4. The second-order valence-electron chi connectivity index (χ2n) is 5.64. The van der Waals surface area contributed by atoms with Gasteiger partial charge in [-0.3, -0.25) is 5.32 Å². The zero-order chi connectivity index (χ0) is 16.2. The van der Waals surface area contributed by atoms with Gasteiger partial charge in [0.05, 0.1) is 12.6 Å². The van der Waals surface area contributed by atoms with Gasteiger partial charge in [-0.25, -0.2) is 0 Å². The number of nitrogens with one attached hydrogen (secondary N) is 1. The Balaban J connectivity index is 1.75. The highest BCUT2D eigenvalue weighted by atomic mass is 16.5. The van der Waals surface area contributed by atoms with E-state index in [1.54, 1.807) is 6.92 Å². The van der Waals surface area contributed by atoms with E-state index in [-0.39, 0.29) is 12.0 Å². The molecule has 0 aliphatic heterocycles. The van der Waals surface area contributed by atoms with Gasteiger partial charge in [0.15, 0.2) is 0 Å². The van der Waals surface area contributed by atoms with E-state index in [2.05, 4.69) is 39.5 Å². The third kappa shape index (κ3) is 3.62. The van der Waals surface area contributed by atoms with Crippen LogP contribution in [-0.2, 0) is 6.54 Å². The molecule has 120 valence electrons. The second kappa shape index (κ2) is 6.70. The summed E-state index contributed by atoms with van der Waals surface area (Å²) in [5, 5.41) is 15.2. The lowest BCUT2D eigenvalue weighted by molar-refractivity contribution is 0.280. The summed E-state index contributed by atoms with van der Waals surface area (Å²) in [7, 11) is 0. The average molecular weight is 313 g/mol.